The number of hydrogen-bond donors (Lipinski definition) is 2. The fraction of sp³-hybridized carbons (Fsp3) is 0.188. The largest absolute Gasteiger partial charge is 0.409 e. The number of halogens is 1. The standard InChI is InChI=1S/C16H18ClN3O/c1-11-8-14(6-7-15(11)16(18)19-21)20(2)10-12-4-3-5-13(17)9-12/h3-9,21H,10H2,1-2H3,(H2,18,19). The Morgan fingerprint density at radius 2 is 2.05 bits per heavy atom. The van der Waals surface area contributed by atoms with Crippen LogP contribution < -0.4 is 10.6 Å². The number of amidine groups is 1. The number of aryl methyl sites for hydroxylation is 1. The van der Waals surface area contributed by atoms with Gasteiger partial charge >= 0.3 is 0 Å². The van der Waals surface area contributed by atoms with Gasteiger partial charge in [-0.1, -0.05) is 28.9 Å². The quantitative estimate of drug-likeness (QED) is 0.394. The second-order valence-electron chi connectivity index (χ2n) is 4.97. The fourth-order valence-corrected chi connectivity index (χ4v) is 2.44. The number of oxime groups is 1. The van der Waals surface area contributed by atoms with Crippen molar-refractivity contribution in [2.45, 2.75) is 13.5 Å². The Kier molecular flexibility index (Phi) is 4.70. The third kappa shape index (κ3) is 3.67. The molecule has 4 nitrogen and oxygen atoms in total. The van der Waals surface area contributed by atoms with Gasteiger partial charge in [-0.25, -0.2) is 0 Å². The topological polar surface area (TPSA) is 61.8 Å². The third-order valence-corrected chi connectivity index (χ3v) is 3.58. The minimum absolute atomic E-state index is 0.122. The summed E-state index contributed by atoms with van der Waals surface area (Å²) in [6.07, 6.45) is 0. The normalized spacial score (nSPS) is 11.5. The zero-order valence-electron chi connectivity index (χ0n) is 12.0. The minimum Gasteiger partial charge on any atom is -0.409 e. The highest BCUT2D eigenvalue weighted by molar-refractivity contribution is 6.30. The molecule has 0 amide bonds. The second kappa shape index (κ2) is 6.50. The number of anilines is 1. The van der Waals surface area contributed by atoms with E-state index in [0.717, 1.165) is 33.9 Å². The van der Waals surface area contributed by atoms with Crippen molar-refractivity contribution in [2.24, 2.45) is 10.9 Å². The predicted octanol–water partition coefficient (Wildman–Crippen LogP) is 3.38. The van der Waals surface area contributed by atoms with Crippen LogP contribution >= 0.6 is 11.6 Å². The third-order valence-electron chi connectivity index (χ3n) is 3.34. The lowest BCUT2D eigenvalue weighted by Crippen LogP contribution is -2.18. The van der Waals surface area contributed by atoms with E-state index in [1.165, 1.54) is 0 Å². The molecule has 0 aliphatic heterocycles. The van der Waals surface area contributed by atoms with E-state index in [9.17, 15) is 0 Å². The molecule has 0 aromatic heterocycles. The van der Waals surface area contributed by atoms with E-state index < -0.39 is 0 Å². The first-order chi connectivity index (χ1) is 10.0. The molecule has 0 saturated heterocycles. The van der Waals surface area contributed by atoms with Crippen LogP contribution in [0.2, 0.25) is 5.02 Å². The van der Waals surface area contributed by atoms with E-state index in [1.807, 2.05) is 56.4 Å². The van der Waals surface area contributed by atoms with Crippen LogP contribution in [0, 0.1) is 6.92 Å². The molecule has 0 unspecified atom stereocenters. The van der Waals surface area contributed by atoms with E-state index in [4.69, 9.17) is 22.5 Å². The van der Waals surface area contributed by atoms with Crippen LogP contribution in [0.15, 0.2) is 47.6 Å². The van der Waals surface area contributed by atoms with Crippen molar-refractivity contribution in [3.8, 4) is 0 Å². The van der Waals surface area contributed by atoms with Crippen LogP contribution in [-0.4, -0.2) is 18.1 Å². The van der Waals surface area contributed by atoms with E-state index in [2.05, 4.69) is 10.1 Å². The van der Waals surface area contributed by atoms with Crippen molar-refractivity contribution in [3.05, 3.63) is 64.2 Å². The molecule has 0 bridgehead atoms. The Balaban J connectivity index is 2.20. The summed E-state index contributed by atoms with van der Waals surface area (Å²) in [6, 6.07) is 13.6. The average Bonchev–Trinajstić information content (AvgIpc) is 2.46. The molecule has 2 rings (SSSR count). The molecule has 0 heterocycles. The summed E-state index contributed by atoms with van der Waals surface area (Å²) in [5.74, 6) is 0.122. The molecule has 0 aliphatic carbocycles. The molecular weight excluding hydrogens is 286 g/mol. The van der Waals surface area contributed by atoms with Gasteiger partial charge in [0.2, 0.25) is 0 Å². The lowest BCUT2D eigenvalue weighted by molar-refractivity contribution is 0.318. The van der Waals surface area contributed by atoms with Crippen molar-refractivity contribution in [2.75, 3.05) is 11.9 Å². The molecule has 0 radical (unpaired) electrons. The summed E-state index contributed by atoms with van der Waals surface area (Å²) in [4.78, 5) is 2.12. The maximum absolute atomic E-state index is 8.75. The van der Waals surface area contributed by atoms with Crippen molar-refractivity contribution in [1.82, 2.24) is 0 Å². The Hall–Kier alpha value is -2.20. The highest BCUT2D eigenvalue weighted by atomic mass is 35.5. The van der Waals surface area contributed by atoms with Gasteiger partial charge in [-0.15, -0.1) is 0 Å². The minimum atomic E-state index is 0.122. The van der Waals surface area contributed by atoms with Crippen LogP contribution in [0.3, 0.4) is 0 Å². The number of nitrogens with zero attached hydrogens (tertiary/aromatic N) is 2. The van der Waals surface area contributed by atoms with Crippen molar-refractivity contribution in [3.63, 3.8) is 0 Å². The maximum atomic E-state index is 8.75. The molecule has 0 fully saturated rings. The Bertz CT molecular complexity index is 670. The summed E-state index contributed by atoms with van der Waals surface area (Å²) in [5, 5.41) is 12.5. The lowest BCUT2D eigenvalue weighted by atomic mass is 10.1. The molecule has 2 aromatic carbocycles. The first-order valence-electron chi connectivity index (χ1n) is 6.55. The van der Waals surface area contributed by atoms with Crippen molar-refractivity contribution >= 4 is 23.1 Å². The zero-order chi connectivity index (χ0) is 15.4. The first kappa shape index (κ1) is 15.2. The van der Waals surface area contributed by atoms with Gasteiger partial charge in [0.05, 0.1) is 0 Å². The van der Waals surface area contributed by atoms with Crippen LogP contribution in [0.25, 0.3) is 0 Å². The molecular formula is C16H18ClN3O. The van der Waals surface area contributed by atoms with E-state index >= 15 is 0 Å². The summed E-state index contributed by atoms with van der Waals surface area (Å²) in [5.41, 5.74) is 9.53. The molecule has 0 atom stereocenters. The Morgan fingerprint density at radius 1 is 1.29 bits per heavy atom. The molecule has 0 spiro atoms. The number of nitrogens with two attached hydrogens (primary N) is 1. The highest BCUT2D eigenvalue weighted by Crippen LogP contribution is 2.21. The lowest BCUT2D eigenvalue weighted by Gasteiger charge is -2.21. The maximum Gasteiger partial charge on any atom is 0.170 e. The zero-order valence-corrected chi connectivity index (χ0v) is 12.8. The second-order valence-corrected chi connectivity index (χ2v) is 5.41. The number of hydrogen-bond acceptors (Lipinski definition) is 3. The molecule has 110 valence electrons. The first-order valence-corrected chi connectivity index (χ1v) is 6.93. The molecule has 5 heteroatoms. The molecule has 2 aromatic rings. The molecule has 0 aliphatic rings. The number of benzene rings is 2. The van der Waals surface area contributed by atoms with E-state index in [0.29, 0.717) is 0 Å². The van der Waals surface area contributed by atoms with Crippen LogP contribution in [0.4, 0.5) is 5.69 Å². The monoisotopic (exact) mass is 303 g/mol. The molecule has 21 heavy (non-hydrogen) atoms. The predicted molar refractivity (Wildman–Crippen MR) is 87.2 cm³/mol. The van der Waals surface area contributed by atoms with Crippen molar-refractivity contribution < 1.29 is 5.21 Å². The smallest absolute Gasteiger partial charge is 0.170 e. The SMILES string of the molecule is Cc1cc(N(C)Cc2cccc(Cl)c2)ccc1/C(N)=N/O. The fourth-order valence-electron chi connectivity index (χ4n) is 2.23. The highest BCUT2D eigenvalue weighted by Gasteiger charge is 2.08. The van der Waals surface area contributed by atoms with Gasteiger partial charge in [0.25, 0.3) is 0 Å². The van der Waals surface area contributed by atoms with Gasteiger partial charge in [0.15, 0.2) is 5.84 Å². The van der Waals surface area contributed by atoms with Gasteiger partial charge in [-0.2, -0.15) is 0 Å². The summed E-state index contributed by atoms with van der Waals surface area (Å²) in [6.45, 7) is 2.69. The van der Waals surface area contributed by atoms with E-state index in [-0.39, 0.29) is 5.84 Å². The Labute approximate surface area is 129 Å². The van der Waals surface area contributed by atoms with Crippen molar-refractivity contribution in [1.29, 1.82) is 0 Å². The van der Waals surface area contributed by atoms with Crippen LogP contribution in [-0.2, 0) is 6.54 Å². The van der Waals surface area contributed by atoms with Gasteiger partial charge in [-0.05, 0) is 48.4 Å². The van der Waals surface area contributed by atoms with Gasteiger partial charge in [-0.3, -0.25) is 0 Å². The van der Waals surface area contributed by atoms with Crippen LogP contribution in [0.1, 0.15) is 16.7 Å². The van der Waals surface area contributed by atoms with Gasteiger partial charge in [0, 0.05) is 29.9 Å². The molecule has 3 N–H and O–H groups in total. The van der Waals surface area contributed by atoms with Gasteiger partial charge in [0.1, 0.15) is 0 Å². The Morgan fingerprint density at radius 3 is 2.67 bits per heavy atom. The molecule has 0 saturated carbocycles. The van der Waals surface area contributed by atoms with Crippen LogP contribution in [0.5, 0.6) is 0 Å². The van der Waals surface area contributed by atoms with Gasteiger partial charge < -0.3 is 15.8 Å². The summed E-state index contributed by atoms with van der Waals surface area (Å²) < 4.78 is 0. The average molecular weight is 304 g/mol. The number of rotatable bonds is 4. The summed E-state index contributed by atoms with van der Waals surface area (Å²) in [7, 11) is 2.01. The van der Waals surface area contributed by atoms with E-state index in [1.54, 1.807) is 0 Å². The summed E-state index contributed by atoms with van der Waals surface area (Å²) >= 11 is 6.00.